The Morgan fingerprint density at radius 1 is 1.28 bits per heavy atom. The van der Waals surface area contributed by atoms with Crippen LogP contribution in [0.5, 0.6) is 0 Å². The lowest BCUT2D eigenvalue weighted by Gasteiger charge is -2.15. The van der Waals surface area contributed by atoms with Gasteiger partial charge in [0.2, 0.25) is 0 Å². The molecule has 0 aliphatic heterocycles. The fraction of sp³-hybridized carbons (Fsp3) is 0.538. The fourth-order valence-corrected chi connectivity index (χ4v) is 1.60. The molecule has 18 heavy (non-hydrogen) atoms. The Hall–Kier alpha value is -1.04. The van der Waals surface area contributed by atoms with Crippen LogP contribution < -0.4 is 5.32 Å². The molecule has 1 aromatic carbocycles. The Labute approximate surface area is 106 Å². The van der Waals surface area contributed by atoms with Crippen LogP contribution in [-0.2, 0) is 4.74 Å². The van der Waals surface area contributed by atoms with E-state index in [4.69, 9.17) is 4.74 Å². The first-order chi connectivity index (χ1) is 8.54. The minimum absolute atomic E-state index is 0.0483. The molecule has 1 aromatic rings. The van der Waals surface area contributed by atoms with Gasteiger partial charge in [0.15, 0.2) is 11.6 Å². The van der Waals surface area contributed by atoms with E-state index in [0.717, 1.165) is 12.1 Å². The summed E-state index contributed by atoms with van der Waals surface area (Å²) in [6, 6.07) is 3.39. The fourth-order valence-electron chi connectivity index (χ4n) is 1.60. The van der Waals surface area contributed by atoms with Crippen LogP contribution in [0.15, 0.2) is 18.2 Å². The van der Waals surface area contributed by atoms with E-state index in [1.165, 1.54) is 6.07 Å². The number of rotatable bonds is 7. The smallest absolute Gasteiger partial charge is 0.159 e. The molecule has 1 rings (SSSR count). The van der Waals surface area contributed by atoms with Gasteiger partial charge in [0.05, 0.1) is 12.2 Å². The summed E-state index contributed by atoms with van der Waals surface area (Å²) in [7, 11) is 0. The molecule has 0 spiro atoms. The van der Waals surface area contributed by atoms with Gasteiger partial charge in [0, 0.05) is 19.7 Å². The van der Waals surface area contributed by atoms with Gasteiger partial charge in [-0.3, -0.25) is 0 Å². The molecular weight excluding hydrogens is 240 g/mol. The van der Waals surface area contributed by atoms with E-state index in [1.54, 1.807) is 0 Å². The molecule has 2 N–H and O–H groups in total. The maximum atomic E-state index is 13.0. The van der Waals surface area contributed by atoms with Crippen molar-refractivity contribution in [3.63, 3.8) is 0 Å². The minimum Gasteiger partial charge on any atom is -0.387 e. The van der Waals surface area contributed by atoms with Crippen LogP contribution in [0.3, 0.4) is 0 Å². The van der Waals surface area contributed by atoms with E-state index in [2.05, 4.69) is 5.32 Å². The molecule has 0 saturated carbocycles. The highest BCUT2D eigenvalue weighted by Crippen LogP contribution is 2.15. The Morgan fingerprint density at radius 3 is 2.61 bits per heavy atom. The number of halogens is 2. The molecular formula is C13H19F2NO2. The average Bonchev–Trinajstić information content (AvgIpc) is 2.33. The van der Waals surface area contributed by atoms with E-state index in [1.807, 2.05) is 13.8 Å². The van der Waals surface area contributed by atoms with E-state index in [9.17, 15) is 13.9 Å². The summed E-state index contributed by atoms with van der Waals surface area (Å²) < 4.78 is 31.0. The Kier molecular flexibility index (Phi) is 6.18. The zero-order valence-corrected chi connectivity index (χ0v) is 10.6. The van der Waals surface area contributed by atoms with Gasteiger partial charge in [-0.15, -0.1) is 0 Å². The van der Waals surface area contributed by atoms with Gasteiger partial charge in [0.25, 0.3) is 0 Å². The molecule has 0 amide bonds. The number of nitrogens with one attached hydrogen (secondary N) is 1. The molecule has 2 atom stereocenters. The van der Waals surface area contributed by atoms with E-state index in [-0.39, 0.29) is 12.6 Å². The molecule has 0 fully saturated rings. The van der Waals surface area contributed by atoms with Gasteiger partial charge in [0.1, 0.15) is 0 Å². The van der Waals surface area contributed by atoms with Crippen LogP contribution >= 0.6 is 0 Å². The number of aliphatic hydroxyl groups excluding tert-OH is 1. The summed E-state index contributed by atoms with van der Waals surface area (Å²) in [5.74, 6) is -1.86. The van der Waals surface area contributed by atoms with Gasteiger partial charge in [-0.1, -0.05) is 6.07 Å². The second-order valence-electron chi connectivity index (χ2n) is 4.11. The third-order valence-electron chi connectivity index (χ3n) is 2.55. The zero-order valence-electron chi connectivity index (χ0n) is 10.6. The largest absolute Gasteiger partial charge is 0.387 e. The van der Waals surface area contributed by atoms with Gasteiger partial charge < -0.3 is 15.2 Å². The second-order valence-corrected chi connectivity index (χ2v) is 4.11. The number of hydrogen-bond donors (Lipinski definition) is 2. The van der Waals surface area contributed by atoms with E-state index >= 15 is 0 Å². The molecule has 0 bridgehead atoms. The maximum absolute atomic E-state index is 13.0. The van der Waals surface area contributed by atoms with Crippen LogP contribution in [0.4, 0.5) is 8.78 Å². The van der Waals surface area contributed by atoms with Gasteiger partial charge in [-0.05, 0) is 31.5 Å². The Balaban J connectivity index is 2.40. The van der Waals surface area contributed by atoms with Crippen molar-refractivity contribution in [1.29, 1.82) is 0 Å². The highest BCUT2D eigenvalue weighted by atomic mass is 19.2. The van der Waals surface area contributed by atoms with Crippen molar-refractivity contribution in [2.75, 3.05) is 19.7 Å². The van der Waals surface area contributed by atoms with E-state index < -0.39 is 17.7 Å². The molecule has 0 aliphatic carbocycles. The number of benzene rings is 1. The monoisotopic (exact) mass is 259 g/mol. The minimum atomic E-state index is -0.950. The molecule has 102 valence electrons. The molecule has 5 heteroatoms. The van der Waals surface area contributed by atoms with Crippen LogP contribution in [-0.4, -0.2) is 30.9 Å². The first-order valence-corrected chi connectivity index (χ1v) is 6.00. The predicted octanol–water partition coefficient (Wildman–Crippen LogP) is 2.01. The molecule has 0 heterocycles. The van der Waals surface area contributed by atoms with Crippen molar-refractivity contribution in [3.05, 3.63) is 35.4 Å². The summed E-state index contributed by atoms with van der Waals surface area (Å²) >= 11 is 0. The third kappa shape index (κ3) is 4.68. The first-order valence-electron chi connectivity index (χ1n) is 6.00. The highest BCUT2D eigenvalue weighted by Gasteiger charge is 2.11. The third-order valence-corrected chi connectivity index (χ3v) is 2.55. The summed E-state index contributed by atoms with van der Waals surface area (Å²) in [6.07, 6.45) is -0.818. The first kappa shape index (κ1) is 15.0. The zero-order chi connectivity index (χ0) is 13.5. The average molecular weight is 259 g/mol. The SMILES string of the molecule is CCOC(C)CNCC(O)c1ccc(F)c(F)c1. The lowest BCUT2D eigenvalue weighted by atomic mass is 10.1. The molecule has 3 nitrogen and oxygen atoms in total. The molecule has 0 aliphatic rings. The molecule has 0 saturated heterocycles. The van der Waals surface area contributed by atoms with Crippen LogP contribution in [0, 0.1) is 11.6 Å². The lowest BCUT2D eigenvalue weighted by Crippen LogP contribution is -2.30. The lowest BCUT2D eigenvalue weighted by molar-refractivity contribution is 0.0723. The standard InChI is InChI=1S/C13H19F2NO2/c1-3-18-9(2)7-16-8-13(17)10-4-5-11(14)12(15)6-10/h4-6,9,13,16-17H,3,7-8H2,1-2H3. The molecule has 0 aromatic heterocycles. The van der Waals surface area contributed by atoms with Crippen LogP contribution in [0.1, 0.15) is 25.5 Å². The predicted molar refractivity (Wildman–Crippen MR) is 65.3 cm³/mol. The number of hydrogen-bond acceptors (Lipinski definition) is 3. The van der Waals surface area contributed by atoms with Crippen molar-refractivity contribution in [2.45, 2.75) is 26.1 Å². The highest BCUT2D eigenvalue weighted by molar-refractivity contribution is 5.20. The Morgan fingerprint density at radius 2 is 2.00 bits per heavy atom. The van der Waals surface area contributed by atoms with Gasteiger partial charge in [-0.2, -0.15) is 0 Å². The quantitative estimate of drug-likeness (QED) is 0.787. The van der Waals surface area contributed by atoms with Crippen molar-refractivity contribution in [2.24, 2.45) is 0 Å². The van der Waals surface area contributed by atoms with Gasteiger partial charge in [-0.25, -0.2) is 8.78 Å². The van der Waals surface area contributed by atoms with Crippen molar-refractivity contribution >= 4 is 0 Å². The summed E-state index contributed by atoms with van der Waals surface area (Å²) in [6.45, 7) is 5.32. The second kappa shape index (κ2) is 7.41. The molecule has 0 radical (unpaired) electrons. The topological polar surface area (TPSA) is 41.5 Å². The van der Waals surface area contributed by atoms with Crippen molar-refractivity contribution in [3.8, 4) is 0 Å². The number of aliphatic hydroxyl groups is 1. The van der Waals surface area contributed by atoms with Crippen LogP contribution in [0.2, 0.25) is 0 Å². The summed E-state index contributed by atoms with van der Waals surface area (Å²) in [5, 5.41) is 12.8. The summed E-state index contributed by atoms with van der Waals surface area (Å²) in [5.41, 5.74) is 0.352. The molecule has 2 unspecified atom stereocenters. The normalized spacial score (nSPS) is 14.5. The van der Waals surface area contributed by atoms with Gasteiger partial charge >= 0.3 is 0 Å². The summed E-state index contributed by atoms with van der Waals surface area (Å²) in [4.78, 5) is 0. The van der Waals surface area contributed by atoms with E-state index in [0.29, 0.717) is 18.7 Å². The van der Waals surface area contributed by atoms with Crippen molar-refractivity contribution < 1.29 is 18.6 Å². The van der Waals surface area contributed by atoms with Crippen LogP contribution in [0.25, 0.3) is 0 Å². The Bertz CT molecular complexity index is 374. The number of ether oxygens (including phenoxy) is 1. The maximum Gasteiger partial charge on any atom is 0.159 e. The van der Waals surface area contributed by atoms with Crippen molar-refractivity contribution in [1.82, 2.24) is 5.32 Å².